The average molecular weight is 218 g/mol. The zero-order valence-electron chi connectivity index (χ0n) is 9.64. The van der Waals surface area contributed by atoms with E-state index in [9.17, 15) is 4.79 Å². The van der Waals surface area contributed by atoms with Gasteiger partial charge in [0.05, 0.1) is 0 Å². The molecule has 0 aromatic carbocycles. The fourth-order valence-corrected chi connectivity index (χ4v) is 1.11. The third-order valence-electron chi connectivity index (χ3n) is 2.09. The predicted molar refractivity (Wildman–Crippen MR) is 63.8 cm³/mol. The fraction of sp³-hybridized carbons (Fsp3) is 0.900. The summed E-state index contributed by atoms with van der Waals surface area (Å²) in [4.78, 5) is 11.3. The second-order valence-electron chi connectivity index (χ2n) is 3.95. The number of nitrogens with one attached hydrogen (secondary N) is 2. The summed E-state index contributed by atoms with van der Waals surface area (Å²) in [5.41, 5.74) is 0. The van der Waals surface area contributed by atoms with Gasteiger partial charge in [0.1, 0.15) is 0 Å². The molecule has 0 aliphatic carbocycles. The summed E-state index contributed by atoms with van der Waals surface area (Å²) in [6, 6.07) is 0. The van der Waals surface area contributed by atoms with Gasteiger partial charge in [0.25, 0.3) is 0 Å². The minimum atomic E-state index is 0.138. The highest BCUT2D eigenvalue weighted by molar-refractivity contribution is 7.99. The van der Waals surface area contributed by atoms with Gasteiger partial charge in [0.15, 0.2) is 0 Å². The van der Waals surface area contributed by atoms with Gasteiger partial charge in [-0.3, -0.25) is 4.79 Å². The van der Waals surface area contributed by atoms with Gasteiger partial charge in [-0.25, -0.2) is 0 Å². The molecule has 0 unspecified atom stereocenters. The Bertz CT molecular complexity index is 172. The highest BCUT2D eigenvalue weighted by Crippen LogP contribution is 2.19. The van der Waals surface area contributed by atoms with Crippen LogP contribution in [0.25, 0.3) is 0 Å². The third kappa shape index (κ3) is 7.21. The number of thioether (sulfide) groups is 1. The summed E-state index contributed by atoms with van der Waals surface area (Å²) in [6.45, 7) is 5.91. The van der Waals surface area contributed by atoms with Crippen LogP contribution in [-0.4, -0.2) is 37.0 Å². The monoisotopic (exact) mass is 218 g/mol. The van der Waals surface area contributed by atoms with Crippen LogP contribution in [0.3, 0.4) is 0 Å². The van der Waals surface area contributed by atoms with E-state index in [-0.39, 0.29) is 10.7 Å². The maximum Gasteiger partial charge on any atom is 0.220 e. The average Bonchev–Trinajstić information content (AvgIpc) is 2.16. The molecule has 0 saturated heterocycles. The second-order valence-corrected chi connectivity index (χ2v) is 5.46. The van der Waals surface area contributed by atoms with Crippen molar-refractivity contribution >= 4 is 17.7 Å². The molecule has 14 heavy (non-hydrogen) atoms. The Morgan fingerprint density at radius 1 is 1.43 bits per heavy atom. The van der Waals surface area contributed by atoms with E-state index in [1.807, 2.05) is 7.05 Å². The molecular weight excluding hydrogens is 196 g/mol. The van der Waals surface area contributed by atoms with Gasteiger partial charge in [-0.2, -0.15) is 11.8 Å². The first-order chi connectivity index (χ1) is 6.52. The van der Waals surface area contributed by atoms with E-state index in [1.165, 1.54) is 0 Å². The van der Waals surface area contributed by atoms with Gasteiger partial charge < -0.3 is 10.6 Å². The molecule has 0 aliphatic rings. The number of carbonyl (C=O) groups is 1. The molecule has 0 spiro atoms. The van der Waals surface area contributed by atoms with Crippen molar-refractivity contribution in [2.24, 2.45) is 0 Å². The minimum absolute atomic E-state index is 0.138. The Kier molecular flexibility index (Phi) is 7.01. The van der Waals surface area contributed by atoms with E-state index >= 15 is 0 Å². The third-order valence-corrected chi connectivity index (χ3v) is 3.34. The number of rotatable bonds is 7. The first-order valence-electron chi connectivity index (χ1n) is 4.98. The lowest BCUT2D eigenvalue weighted by molar-refractivity contribution is -0.121. The quantitative estimate of drug-likeness (QED) is 0.632. The molecule has 0 bridgehead atoms. The largest absolute Gasteiger partial charge is 0.355 e. The maximum atomic E-state index is 11.3. The summed E-state index contributed by atoms with van der Waals surface area (Å²) in [5.74, 6) is 0.155. The van der Waals surface area contributed by atoms with E-state index in [2.05, 4.69) is 30.7 Å². The van der Waals surface area contributed by atoms with E-state index in [0.29, 0.717) is 6.42 Å². The molecule has 0 atom stereocenters. The predicted octanol–water partition coefficient (Wildman–Crippen LogP) is 1.24. The molecular formula is C10H22N2OS. The lowest BCUT2D eigenvalue weighted by Crippen LogP contribution is -2.36. The minimum Gasteiger partial charge on any atom is -0.355 e. The molecule has 1 amide bonds. The fourth-order valence-electron chi connectivity index (χ4n) is 0.898. The second kappa shape index (κ2) is 7.12. The Hall–Kier alpha value is -0.220. The molecule has 84 valence electrons. The van der Waals surface area contributed by atoms with Crippen molar-refractivity contribution in [2.45, 2.75) is 31.4 Å². The van der Waals surface area contributed by atoms with Crippen LogP contribution in [0.2, 0.25) is 0 Å². The molecule has 0 heterocycles. The lowest BCUT2D eigenvalue weighted by atomic mass is 10.2. The topological polar surface area (TPSA) is 41.1 Å². The molecule has 4 heteroatoms. The van der Waals surface area contributed by atoms with Crippen LogP contribution in [0.15, 0.2) is 0 Å². The van der Waals surface area contributed by atoms with Gasteiger partial charge >= 0.3 is 0 Å². The molecule has 0 aliphatic heterocycles. The van der Waals surface area contributed by atoms with Crippen molar-refractivity contribution in [3.63, 3.8) is 0 Å². The molecule has 0 radical (unpaired) electrons. The first kappa shape index (κ1) is 13.8. The first-order valence-corrected chi connectivity index (χ1v) is 6.21. The molecule has 2 N–H and O–H groups in total. The molecule has 0 fully saturated rings. The van der Waals surface area contributed by atoms with Crippen LogP contribution >= 0.6 is 11.8 Å². The zero-order chi connectivity index (χ0) is 11.0. The maximum absolute atomic E-state index is 11.3. The normalized spacial score (nSPS) is 11.4. The van der Waals surface area contributed by atoms with Crippen LogP contribution in [-0.2, 0) is 4.79 Å². The zero-order valence-corrected chi connectivity index (χ0v) is 10.5. The molecule has 0 aromatic rings. The molecule has 3 nitrogen and oxygen atoms in total. The van der Waals surface area contributed by atoms with Crippen molar-refractivity contribution < 1.29 is 4.79 Å². The molecule has 0 aromatic heterocycles. The van der Waals surface area contributed by atoms with Crippen molar-refractivity contribution in [1.82, 2.24) is 10.6 Å². The highest BCUT2D eigenvalue weighted by atomic mass is 32.2. The van der Waals surface area contributed by atoms with Gasteiger partial charge in [0, 0.05) is 17.7 Å². The number of carbonyl (C=O) groups excluding carboxylic acids is 1. The van der Waals surface area contributed by atoms with E-state index in [4.69, 9.17) is 0 Å². The lowest BCUT2D eigenvalue weighted by Gasteiger charge is -2.22. The number of amides is 1. The number of hydrogen-bond acceptors (Lipinski definition) is 3. The van der Waals surface area contributed by atoms with Gasteiger partial charge in [-0.1, -0.05) is 0 Å². The van der Waals surface area contributed by atoms with Crippen LogP contribution in [0.1, 0.15) is 26.7 Å². The van der Waals surface area contributed by atoms with Crippen molar-refractivity contribution in [1.29, 1.82) is 0 Å². The van der Waals surface area contributed by atoms with Crippen molar-refractivity contribution in [2.75, 3.05) is 26.4 Å². The van der Waals surface area contributed by atoms with E-state index in [0.717, 1.165) is 19.5 Å². The Morgan fingerprint density at radius 2 is 2.07 bits per heavy atom. The summed E-state index contributed by atoms with van der Waals surface area (Å²) in [5, 5.41) is 5.97. The van der Waals surface area contributed by atoms with Gasteiger partial charge in [-0.05, 0) is 40.1 Å². The summed E-state index contributed by atoms with van der Waals surface area (Å²) in [7, 11) is 1.90. The smallest absolute Gasteiger partial charge is 0.220 e. The van der Waals surface area contributed by atoms with Gasteiger partial charge in [0.2, 0.25) is 5.91 Å². The van der Waals surface area contributed by atoms with Crippen LogP contribution < -0.4 is 10.6 Å². The number of hydrogen-bond donors (Lipinski definition) is 2. The van der Waals surface area contributed by atoms with E-state index in [1.54, 1.807) is 11.8 Å². The van der Waals surface area contributed by atoms with Crippen molar-refractivity contribution in [3.8, 4) is 0 Å². The van der Waals surface area contributed by atoms with Crippen LogP contribution in [0, 0.1) is 0 Å². The Morgan fingerprint density at radius 3 is 2.57 bits per heavy atom. The highest BCUT2D eigenvalue weighted by Gasteiger charge is 2.16. The standard InChI is InChI=1S/C10H22N2OS/c1-10(2,14-4)8-12-9(13)6-5-7-11-3/h11H,5-8H2,1-4H3,(H,12,13). The Balaban J connectivity index is 3.53. The molecule has 0 rings (SSSR count). The summed E-state index contributed by atoms with van der Waals surface area (Å²) >= 11 is 1.77. The Labute approximate surface area is 91.4 Å². The van der Waals surface area contributed by atoms with Crippen molar-refractivity contribution in [3.05, 3.63) is 0 Å². The SMILES string of the molecule is CNCCCC(=O)NCC(C)(C)SC. The van der Waals surface area contributed by atoms with Crippen LogP contribution in [0.5, 0.6) is 0 Å². The van der Waals surface area contributed by atoms with Gasteiger partial charge in [-0.15, -0.1) is 0 Å². The summed E-state index contributed by atoms with van der Waals surface area (Å²) < 4.78 is 0.138. The van der Waals surface area contributed by atoms with E-state index < -0.39 is 0 Å². The molecule has 0 saturated carbocycles. The van der Waals surface area contributed by atoms with Crippen LogP contribution in [0.4, 0.5) is 0 Å². The summed E-state index contributed by atoms with van der Waals surface area (Å²) in [6.07, 6.45) is 3.58.